The molecular weight excluding hydrogens is 194 g/mol. The van der Waals surface area contributed by atoms with Crippen LogP contribution in [0.3, 0.4) is 0 Å². The molecule has 0 aromatic carbocycles. The highest BCUT2D eigenvalue weighted by atomic mass is 16.1. The zero-order chi connectivity index (χ0) is 10.8. The van der Waals surface area contributed by atoms with Gasteiger partial charge in [-0.05, 0) is 13.0 Å². The van der Waals surface area contributed by atoms with E-state index in [1.807, 2.05) is 20.0 Å². The predicted octanol–water partition coefficient (Wildman–Crippen LogP) is 0.272. The van der Waals surface area contributed by atoms with Crippen LogP contribution in [-0.2, 0) is 13.5 Å². The van der Waals surface area contributed by atoms with Gasteiger partial charge in [-0.15, -0.1) is 0 Å². The maximum atomic E-state index is 11.7. The van der Waals surface area contributed by atoms with E-state index in [-0.39, 0.29) is 18.0 Å². The van der Waals surface area contributed by atoms with Crippen LogP contribution in [0.2, 0.25) is 0 Å². The number of nitrogens with one attached hydrogen (secondary N) is 1. The van der Waals surface area contributed by atoms with Gasteiger partial charge in [0.1, 0.15) is 6.33 Å². The quantitative estimate of drug-likeness (QED) is 0.730. The largest absolute Gasteiger partial charge is 0.290 e. The van der Waals surface area contributed by atoms with Crippen molar-refractivity contribution in [2.75, 3.05) is 0 Å². The molecule has 0 aliphatic heterocycles. The first-order chi connectivity index (χ1) is 7.16. The lowest BCUT2D eigenvalue weighted by Gasteiger charge is -1.98. The molecule has 0 atom stereocenters. The topological polar surface area (TPSA) is 76.5 Å². The maximum Gasteiger partial charge on any atom is 0.205 e. The number of aryl methyl sites for hydroxylation is 2. The van der Waals surface area contributed by atoms with Crippen LogP contribution in [-0.4, -0.2) is 30.7 Å². The summed E-state index contributed by atoms with van der Waals surface area (Å²) in [6, 6.07) is 1.88. The molecule has 6 nitrogen and oxygen atoms in total. The van der Waals surface area contributed by atoms with Crippen molar-refractivity contribution in [1.29, 1.82) is 0 Å². The Kier molecular flexibility index (Phi) is 2.32. The van der Waals surface area contributed by atoms with Crippen molar-refractivity contribution in [3.8, 4) is 0 Å². The Morgan fingerprint density at radius 1 is 1.60 bits per heavy atom. The van der Waals surface area contributed by atoms with Crippen LogP contribution in [0, 0.1) is 6.92 Å². The Morgan fingerprint density at radius 2 is 2.40 bits per heavy atom. The Morgan fingerprint density at radius 3 is 2.93 bits per heavy atom. The normalized spacial score (nSPS) is 10.5. The number of carbonyl (C=O) groups is 1. The van der Waals surface area contributed by atoms with E-state index in [2.05, 4.69) is 20.3 Å². The molecule has 6 heteroatoms. The van der Waals surface area contributed by atoms with Gasteiger partial charge in [0.2, 0.25) is 5.78 Å². The summed E-state index contributed by atoms with van der Waals surface area (Å²) in [6.07, 6.45) is 1.61. The average Bonchev–Trinajstić information content (AvgIpc) is 2.76. The number of ketones is 1. The van der Waals surface area contributed by atoms with Crippen LogP contribution >= 0.6 is 0 Å². The number of H-pyrrole nitrogens is 1. The second kappa shape index (κ2) is 3.64. The summed E-state index contributed by atoms with van der Waals surface area (Å²) in [6.45, 7) is 1.89. The third-order valence-electron chi connectivity index (χ3n) is 2.12. The van der Waals surface area contributed by atoms with Crippen molar-refractivity contribution < 1.29 is 4.79 Å². The highest BCUT2D eigenvalue weighted by Crippen LogP contribution is 2.05. The third kappa shape index (κ3) is 1.93. The van der Waals surface area contributed by atoms with E-state index in [1.165, 1.54) is 6.33 Å². The molecule has 0 radical (unpaired) electrons. The van der Waals surface area contributed by atoms with E-state index in [0.29, 0.717) is 0 Å². The van der Waals surface area contributed by atoms with Crippen molar-refractivity contribution in [3.05, 3.63) is 29.6 Å². The molecule has 2 aromatic heterocycles. The molecule has 2 heterocycles. The van der Waals surface area contributed by atoms with Gasteiger partial charge < -0.3 is 0 Å². The number of carbonyl (C=O) groups excluding carboxylic acids is 1. The van der Waals surface area contributed by atoms with Crippen LogP contribution in [0.4, 0.5) is 0 Å². The number of hydrogen-bond donors (Lipinski definition) is 1. The van der Waals surface area contributed by atoms with E-state index in [0.717, 1.165) is 11.4 Å². The first-order valence-electron chi connectivity index (χ1n) is 4.55. The Bertz CT molecular complexity index is 471. The molecule has 2 rings (SSSR count). The van der Waals surface area contributed by atoms with Crippen molar-refractivity contribution >= 4 is 5.78 Å². The van der Waals surface area contributed by atoms with Crippen LogP contribution in [0.5, 0.6) is 0 Å². The number of Topliss-reactive ketones (excluding diaryl/α,β-unsaturated/α-hetero) is 1. The van der Waals surface area contributed by atoms with Gasteiger partial charge in [0.15, 0.2) is 5.82 Å². The fourth-order valence-electron chi connectivity index (χ4n) is 1.42. The smallest absolute Gasteiger partial charge is 0.205 e. The molecule has 0 spiro atoms. The monoisotopic (exact) mass is 205 g/mol. The average molecular weight is 205 g/mol. The van der Waals surface area contributed by atoms with Gasteiger partial charge in [-0.3, -0.25) is 14.6 Å². The van der Waals surface area contributed by atoms with Gasteiger partial charge in [-0.25, -0.2) is 4.98 Å². The van der Waals surface area contributed by atoms with E-state index >= 15 is 0 Å². The summed E-state index contributed by atoms with van der Waals surface area (Å²) in [5, 5.41) is 10.3. The van der Waals surface area contributed by atoms with E-state index in [4.69, 9.17) is 0 Å². The molecule has 78 valence electrons. The summed E-state index contributed by atoms with van der Waals surface area (Å²) in [5.74, 6) is 0.198. The SMILES string of the molecule is Cc1cc(CC(=O)c2ncn[nH]2)n(C)n1. The van der Waals surface area contributed by atoms with Gasteiger partial charge in [0.05, 0.1) is 12.1 Å². The summed E-state index contributed by atoms with van der Waals surface area (Å²) in [5.41, 5.74) is 1.77. The second-order valence-corrected chi connectivity index (χ2v) is 3.33. The van der Waals surface area contributed by atoms with Crippen molar-refractivity contribution in [2.45, 2.75) is 13.3 Å². The standard InChI is InChI=1S/C9H11N5O/c1-6-3-7(14(2)13-6)4-8(15)9-10-5-11-12-9/h3,5H,4H2,1-2H3,(H,10,11,12). The fraction of sp³-hybridized carbons (Fsp3) is 0.333. The van der Waals surface area contributed by atoms with Gasteiger partial charge in [-0.2, -0.15) is 10.2 Å². The number of rotatable bonds is 3. The Hall–Kier alpha value is -1.98. The third-order valence-corrected chi connectivity index (χ3v) is 2.12. The molecule has 0 bridgehead atoms. The van der Waals surface area contributed by atoms with Crippen LogP contribution in [0.15, 0.2) is 12.4 Å². The summed E-state index contributed by atoms with van der Waals surface area (Å²) in [7, 11) is 1.82. The Labute approximate surface area is 86.3 Å². The second-order valence-electron chi connectivity index (χ2n) is 3.33. The number of aromatic nitrogens is 5. The molecule has 0 unspecified atom stereocenters. The van der Waals surface area contributed by atoms with E-state index in [1.54, 1.807) is 4.68 Å². The van der Waals surface area contributed by atoms with Crippen LogP contribution < -0.4 is 0 Å². The number of aromatic amines is 1. The van der Waals surface area contributed by atoms with Gasteiger partial charge in [0.25, 0.3) is 0 Å². The van der Waals surface area contributed by atoms with E-state index in [9.17, 15) is 4.79 Å². The first kappa shape index (κ1) is 9.57. The van der Waals surface area contributed by atoms with Gasteiger partial charge in [-0.1, -0.05) is 0 Å². The highest BCUT2D eigenvalue weighted by Gasteiger charge is 2.12. The van der Waals surface area contributed by atoms with Gasteiger partial charge in [0, 0.05) is 12.7 Å². The maximum absolute atomic E-state index is 11.7. The van der Waals surface area contributed by atoms with Crippen LogP contribution in [0.25, 0.3) is 0 Å². The first-order valence-corrected chi connectivity index (χ1v) is 4.55. The molecule has 0 saturated carbocycles. The molecule has 0 fully saturated rings. The van der Waals surface area contributed by atoms with Crippen molar-refractivity contribution in [3.63, 3.8) is 0 Å². The highest BCUT2D eigenvalue weighted by molar-refractivity contribution is 5.93. The lowest BCUT2D eigenvalue weighted by molar-refractivity contribution is 0.0981. The molecule has 0 saturated heterocycles. The van der Waals surface area contributed by atoms with E-state index < -0.39 is 0 Å². The zero-order valence-corrected chi connectivity index (χ0v) is 8.56. The lowest BCUT2D eigenvalue weighted by atomic mass is 10.2. The Balaban J connectivity index is 2.16. The minimum Gasteiger partial charge on any atom is -0.290 e. The molecular formula is C9H11N5O. The molecule has 0 aliphatic carbocycles. The van der Waals surface area contributed by atoms with Crippen molar-refractivity contribution in [2.24, 2.45) is 7.05 Å². The van der Waals surface area contributed by atoms with Crippen molar-refractivity contribution in [1.82, 2.24) is 25.0 Å². The summed E-state index contributed by atoms with van der Waals surface area (Å²) < 4.78 is 1.70. The molecule has 15 heavy (non-hydrogen) atoms. The molecule has 2 aromatic rings. The summed E-state index contributed by atoms with van der Waals surface area (Å²) in [4.78, 5) is 15.5. The summed E-state index contributed by atoms with van der Waals surface area (Å²) >= 11 is 0. The van der Waals surface area contributed by atoms with Crippen LogP contribution in [0.1, 0.15) is 22.0 Å². The lowest BCUT2D eigenvalue weighted by Crippen LogP contribution is -2.09. The van der Waals surface area contributed by atoms with Gasteiger partial charge >= 0.3 is 0 Å². The number of nitrogens with zero attached hydrogens (tertiary/aromatic N) is 4. The molecule has 0 aliphatic rings. The molecule has 0 amide bonds. The fourth-order valence-corrected chi connectivity index (χ4v) is 1.42. The number of hydrogen-bond acceptors (Lipinski definition) is 4. The minimum atomic E-state index is -0.0875. The molecule has 1 N–H and O–H groups in total. The minimum absolute atomic E-state index is 0.0875. The predicted molar refractivity (Wildman–Crippen MR) is 52.4 cm³/mol. The zero-order valence-electron chi connectivity index (χ0n) is 8.56.